The lowest BCUT2D eigenvalue weighted by Crippen LogP contribution is -2.14. The van der Waals surface area contributed by atoms with Crippen LogP contribution in [0.25, 0.3) is 0 Å². The van der Waals surface area contributed by atoms with Crippen molar-refractivity contribution in [3.63, 3.8) is 0 Å². The van der Waals surface area contributed by atoms with E-state index in [2.05, 4.69) is 15.3 Å². The molecule has 0 saturated carbocycles. The second-order valence-corrected chi connectivity index (χ2v) is 4.60. The fourth-order valence-electron chi connectivity index (χ4n) is 1.70. The Hall–Kier alpha value is -2.17. The Labute approximate surface area is 112 Å². The van der Waals surface area contributed by atoms with E-state index in [0.29, 0.717) is 6.04 Å². The van der Waals surface area contributed by atoms with E-state index in [1.54, 1.807) is 12.1 Å². The minimum atomic E-state index is -0.248. The van der Waals surface area contributed by atoms with Crippen LogP contribution in [0.4, 0.5) is 21.7 Å². The smallest absolute Gasteiger partial charge is 0.138 e. The van der Waals surface area contributed by atoms with Gasteiger partial charge in [0.1, 0.15) is 23.8 Å². The van der Waals surface area contributed by atoms with E-state index in [1.165, 1.54) is 18.5 Å². The molecule has 1 aromatic heterocycles. The third-order valence-electron chi connectivity index (χ3n) is 2.65. The molecule has 100 valence electrons. The normalized spacial score (nSPS) is 10.6. The van der Waals surface area contributed by atoms with Crippen LogP contribution in [-0.4, -0.2) is 23.1 Å². The van der Waals surface area contributed by atoms with Crippen molar-refractivity contribution in [2.45, 2.75) is 19.9 Å². The first-order chi connectivity index (χ1) is 9.06. The van der Waals surface area contributed by atoms with Gasteiger partial charge in [-0.2, -0.15) is 0 Å². The maximum Gasteiger partial charge on any atom is 0.138 e. The van der Waals surface area contributed by atoms with Gasteiger partial charge < -0.3 is 10.2 Å². The molecule has 0 atom stereocenters. The van der Waals surface area contributed by atoms with Crippen molar-refractivity contribution < 1.29 is 4.39 Å². The maximum atomic E-state index is 12.9. The second-order valence-electron chi connectivity index (χ2n) is 4.60. The molecule has 2 aromatic rings. The summed E-state index contributed by atoms with van der Waals surface area (Å²) in [5, 5.41) is 3.22. The highest BCUT2D eigenvalue weighted by molar-refractivity contribution is 5.61. The number of hydrogen-bond donors (Lipinski definition) is 1. The summed E-state index contributed by atoms with van der Waals surface area (Å²) in [6.45, 7) is 4.09. The zero-order valence-corrected chi connectivity index (χ0v) is 11.3. The summed E-state index contributed by atoms with van der Waals surface area (Å²) < 4.78 is 12.9. The Bertz CT molecular complexity index is 539. The van der Waals surface area contributed by atoms with Gasteiger partial charge in [-0.15, -0.1) is 0 Å². The van der Waals surface area contributed by atoms with E-state index in [-0.39, 0.29) is 5.82 Å². The number of nitrogens with zero attached hydrogens (tertiary/aromatic N) is 3. The van der Waals surface area contributed by atoms with Crippen LogP contribution in [0.3, 0.4) is 0 Å². The lowest BCUT2D eigenvalue weighted by atomic mass is 10.3. The average Bonchev–Trinajstić information content (AvgIpc) is 2.38. The number of aromatic nitrogens is 2. The van der Waals surface area contributed by atoms with Crippen molar-refractivity contribution in [3.05, 3.63) is 42.5 Å². The Morgan fingerprint density at radius 3 is 2.47 bits per heavy atom. The molecule has 0 fully saturated rings. The summed E-state index contributed by atoms with van der Waals surface area (Å²) in [6.07, 6.45) is 1.51. The number of hydrogen-bond acceptors (Lipinski definition) is 4. The highest BCUT2D eigenvalue weighted by Crippen LogP contribution is 2.22. The van der Waals surface area contributed by atoms with Gasteiger partial charge in [0.2, 0.25) is 0 Å². The van der Waals surface area contributed by atoms with E-state index in [0.717, 1.165) is 17.3 Å². The summed E-state index contributed by atoms with van der Waals surface area (Å²) in [5.41, 5.74) is 0.871. The molecule has 5 heteroatoms. The summed E-state index contributed by atoms with van der Waals surface area (Å²) in [4.78, 5) is 10.3. The fraction of sp³-hybridized carbons (Fsp3) is 0.286. The molecular weight excluding hydrogens is 243 g/mol. The average molecular weight is 260 g/mol. The van der Waals surface area contributed by atoms with Crippen molar-refractivity contribution in [3.8, 4) is 0 Å². The molecule has 4 nitrogen and oxygen atoms in total. The molecule has 0 saturated heterocycles. The minimum absolute atomic E-state index is 0.248. The van der Waals surface area contributed by atoms with Gasteiger partial charge in [0.15, 0.2) is 0 Å². The molecule has 0 amide bonds. The first-order valence-corrected chi connectivity index (χ1v) is 6.14. The van der Waals surface area contributed by atoms with Gasteiger partial charge in [0.25, 0.3) is 0 Å². The number of benzene rings is 1. The quantitative estimate of drug-likeness (QED) is 0.916. The van der Waals surface area contributed by atoms with Crippen molar-refractivity contribution in [1.29, 1.82) is 0 Å². The molecule has 1 N–H and O–H groups in total. The molecule has 0 aliphatic carbocycles. The second kappa shape index (κ2) is 5.65. The van der Waals surface area contributed by atoms with Gasteiger partial charge in [-0.05, 0) is 38.1 Å². The van der Waals surface area contributed by atoms with Gasteiger partial charge in [-0.3, -0.25) is 0 Å². The fourth-order valence-corrected chi connectivity index (χ4v) is 1.70. The maximum absolute atomic E-state index is 12.9. The summed E-state index contributed by atoms with van der Waals surface area (Å²) in [6, 6.07) is 8.46. The molecule has 0 spiro atoms. The number of halogens is 1. The Kier molecular flexibility index (Phi) is 3.94. The standard InChI is InChI=1S/C14H17FN4/c1-10(2)18-13-8-14(17-9-16-13)19(3)12-6-4-11(15)5-7-12/h4-10H,1-3H3,(H,16,17,18). The van der Waals surface area contributed by atoms with Crippen molar-refractivity contribution >= 4 is 17.3 Å². The number of nitrogens with one attached hydrogen (secondary N) is 1. The van der Waals surface area contributed by atoms with Gasteiger partial charge in [-0.1, -0.05) is 0 Å². The number of rotatable bonds is 4. The van der Waals surface area contributed by atoms with E-state index in [1.807, 2.05) is 31.9 Å². The zero-order chi connectivity index (χ0) is 13.8. The minimum Gasteiger partial charge on any atom is -0.368 e. The zero-order valence-electron chi connectivity index (χ0n) is 11.3. The van der Waals surface area contributed by atoms with Gasteiger partial charge in [-0.25, -0.2) is 14.4 Å². The van der Waals surface area contributed by atoms with Gasteiger partial charge >= 0.3 is 0 Å². The van der Waals surface area contributed by atoms with Crippen LogP contribution >= 0.6 is 0 Å². The highest BCUT2D eigenvalue weighted by atomic mass is 19.1. The van der Waals surface area contributed by atoms with Crippen LogP contribution in [0.1, 0.15) is 13.8 Å². The Balaban J connectivity index is 2.23. The summed E-state index contributed by atoms with van der Waals surface area (Å²) in [7, 11) is 1.88. The van der Waals surface area contributed by atoms with E-state index >= 15 is 0 Å². The first-order valence-electron chi connectivity index (χ1n) is 6.14. The van der Waals surface area contributed by atoms with Crippen LogP contribution in [-0.2, 0) is 0 Å². The largest absolute Gasteiger partial charge is 0.368 e. The summed E-state index contributed by atoms with van der Waals surface area (Å²) in [5.74, 6) is 1.28. The van der Waals surface area contributed by atoms with Crippen molar-refractivity contribution in [2.24, 2.45) is 0 Å². The van der Waals surface area contributed by atoms with E-state index in [9.17, 15) is 4.39 Å². The SMILES string of the molecule is CC(C)Nc1cc(N(C)c2ccc(F)cc2)ncn1. The van der Waals surface area contributed by atoms with Gasteiger partial charge in [0.05, 0.1) is 0 Å². The molecule has 1 aromatic carbocycles. The van der Waals surface area contributed by atoms with Crippen LogP contribution in [0.15, 0.2) is 36.7 Å². The lowest BCUT2D eigenvalue weighted by molar-refractivity contribution is 0.628. The highest BCUT2D eigenvalue weighted by Gasteiger charge is 2.07. The van der Waals surface area contributed by atoms with Crippen LogP contribution < -0.4 is 10.2 Å². The molecule has 19 heavy (non-hydrogen) atoms. The molecule has 1 heterocycles. The van der Waals surface area contributed by atoms with Crippen molar-refractivity contribution in [1.82, 2.24) is 9.97 Å². The van der Waals surface area contributed by atoms with Crippen molar-refractivity contribution in [2.75, 3.05) is 17.3 Å². The third-order valence-corrected chi connectivity index (χ3v) is 2.65. The van der Waals surface area contributed by atoms with Crippen LogP contribution in [0, 0.1) is 5.82 Å². The molecule has 0 radical (unpaired) electrons. The Morgan fingerprint density at radius 2 is 1.84 bits per heavy atom. The van der Waals surface area contributed by atoms with E-state index < -0.39 is 0 Å². The molecule has 0 bridgehead atoms. The third kappa shape index (κ3) is 3.40. The molecule has 0 aliphatic rings. The molecule has 0 aliphatic heterocycles. The molecule has 0 unspecified atom stereocenters. The molecule has 2 rings (SSSR count). The summed E-state index contributed by atoms with van der Waals surface area (Å²) >= 11 is 0. The predicted octanol–water partition coefficient (Wildman–Crippen LogP) is 3.20. The van der Waals surface area contributed by atoms with E-state index in [4.69, 9.17) is 0 Å². The number of anilines is 3. The molecular formula is C14H17FN4. The van der Waals surface area contributed by atoms with Gasteiger partial charge in [0, 0.05) is 24.8 Å². The predicted molar refractivity (Wildman–Crippen MR) is 75.3 cm³/mol. The Morgan fingerprint density at radius 1 is 1.16 bits per heavy atom. The topological polar surface area (TPSA) is 41.0 Å². The van der Waals surface area contributed by atoms with Crippen LogP contribution in [0.2, 0.25) is 0 Å². The van der Waals surface area contributed by atoms with Crippen LogP contribution in [0.5, 0.6) is 0 Å². The lowest BCUT2D eigenvalue weighted by Gasteiger charge is -2.19. The monoisotopic (exact) mass is 260 g/mol. The first kappa shape index (κ1) is 13.3.